The van der Waals surface area contributed by atoms with Gasteiger partial charge in [0.2, 0.25) is 0 Å². The second kappa shape index (κ2) is 11.0. The lowest BCUT2D eigenvalue weighted by Gasteiger charge is -2.26. The van der Waals surface area contributed by atoms with Gasteiger partial charge in [0.1, 0.15) is 0 Å². The zero-order valence-electron chi connectivity index (χ0n) is 15.4. The number of thioether (sulfide) groups is 1. The van der Waals surface area contributed by atoms with Gasteiger partial charge in [-0.3, -0.25) is 9.88 Å². The number of pyridine rings is 1. The van der Waals surface area contributed by atoms with E-state index < -0.39 is 0 Å². The molecule has 0 aliphatic heterocycles. The molecule has 0 fully saturated rings. The lowest BCUT2D eigenvalue weighted by molar-refractivity contribution is 0.0600. The number of methoxy groups -OCH3 is 1. The van der Waals surface area contributed by atoms with Crippen LogP contribution < -0.4 is 5.73 Å². The molecule has 0 saturated carbocycles. The largest absolute Gasteiger partial charge is 0.465 e. The third kappa shape index (κ3) is 6.78. The molecule has 26 heavy (non-hydrogen) atoms. The van der Waals surface area contributed by atoms with Gasteiger partial charge in [0, 0.05) is 38.1 Å². The van der Waals surface area contributed by atoms with E-state index in [2.05, 4.69) is 22.2 Å². The van der Waals surface area contributed by atoms with Crippen molar-refractivity contribution >= 4 is 17.7 Å². The summed E-state index contributed by atoms with van der Waals surface area (Å²) < 4.78 is 4.75. The van der Waals surface area contributed by atoms with Crippen molar-refractivity contribution < 1.29 is 9.53 Å². The molecule has 2 N–H and O–H groups in total. The van der Waals surface area contributed by atoms with Crippen molar-refractivity contribution in [3.63, 3.8) is 0 Å². The number of carbonyl (C=O) groups excluding carboxylic acids is 1. The van der Waals surface area contributed by atoms with Crippen LogP contribution in [0.25, 0.3) is 0 Å². The van der Waals surface area contributed by atoms with Crippen LogP contribution in [0, 0.1) is 0 Å². The Hall–Kier alpha value is -1.89. The van der Waals surface area contributed by atoms with E-state index in [9.17, 15) is 4.79 Å². The normalized spacial score (nSPS) is 12.2. The number of benzene rings is 1. The molecule has 140 valence electrons. The van der Waals surface area contributed by atoms with E-state index in [4.69, 9.17) is 10.5 Å². The van der Waals surface area contributed by atoms with E-state index in [1.54, 1.807) is 18.3 Å². The maximum absolute atomic E-state index is 11.6. The molecule has 1 unspecified atom stereocenters. The molecule has 1 atom stereocenters. The number of aromatic nitrogens is 1. The van der Waals surface area contributed by atoms with Crippen LogP contribution in [0.3, 0.4) is 0 Å². The molecule has 6 heteroatoms. The fraction of sp³-hybridized carbons (Fsp3) is 0.400. The maximum atomic E-state index is 11.6. The summed E-state index contributed by atoms with van der Waals surface area (Å²) in [5.74, 6) is 0.748. The highest BCUT2D eigenvalue weighted by molar-refractivity contribution is 7.98. The highest BCUT2D eigenvalue weighted by Crippen LogP contribution is 2.13. The Kier molecular flexibility index (Phi) is 8.61. The molecule has 0 radical (unpaired) electrons. The van der Waals surface area contributed by atoms with Gasteiger partial charge in [-0.05, 0) is 47.8 Å². The summed E-state index contributed by atoms with van der Waals surface area (Å²) in [5.41, 5.74) is 9.18. The summed E-state index contributed by atoms with van der Waals surface area (Å²) in [6, 6.07) is 11.7. The summed E-state index contributed by atoms with van der Waals surface area (Å²) in [6.45, 7) is 2.37. The van der Waals surface area contributed by atoms with Crippen molar-refractivity contribution in [3.8, 4) is 0 Å². The highest BCUT2D eigenvalue weighted by atomic mass is 32.2. The van der Waals surface area contributed by atoms with Gasteiger partial charge in [0.05, 0.1) is 12.7 Å². The first kappa shape index (κ1) is 20.4. The fourth-order valence-electron chi connectivity index (χ4n) is 2.75. The quantitative estimate of drug-likeness (QED) is 0.646. The molecule has 0 bridgehead atoms. The molecule has 0 aliphatic carbocycles. The number of rotatable bonds is 10. The first-order valence-electron chi connectivity index (χ1n) is 8.65. The van der Waals surface area contributed by atoms with E-state index in [1.165, 1.54) is 7.11 Å². The van der Waals surface area contributed by atoms with E-state index in [0.717, 1.165) is 42.9 Å². The van der Waals surface area contributed by atoms with Gasteiger partial charge < -0.3 is 10.5 Å². The van der Waals surface area contributed by atoms with Crippen molar-refractivity contribution in [2.24, 2.45) is 5.73 Å². The average molecular weight is 374 g/mol. The third-order valence-electron chi connectivity index (χ3n) is 4.10. The van der Waals surface area contributed by atoms with Gasteiger partial charge in [0.25, 0.3) is 0 Å². The fourth-order valence-corrected chi connectivity index (χ4v) is 3.29. The first-order chi connectivity index (χ1) is 12.6. The molecular formula is C20H27N3O2S. The monoisotopic (exact) mass is 373 g/mol. The summed E-state index contributed by atoms with van der Waals surface area (Å²) in [4.78, 5) is 18.1. The predicted octanol–water partition coefficient (Wildman–Crippen LogP) is 2.95. The SMILES string of the molecule is COC(=O)c1ccc(CN(Cc2cccnc2)CC(N)CCSC)cc1. The molecule has 1 aromatic carbocycles. The minimum Gasteiger partial charge on any atom is -0.465 e. The summed E-state index contributed by atoms with van der Waals surface area (Å²) in [7, 11) is 1.39. The van der Waals surface area contributed by atoms with Gasteiger partial charge in [-0.1, -0.05) is 18.2 Å². The van der Waals surface area contributed by atoms with E-state index in [-0.39, 0.29) is 12.0 Å². The Morgan fingerprint density at radius 2 is 1.96 bits per heavy atom. The number of nitrogens with zero attached hydrogens (tertiary/aromatic N) is 2. The van der Waals surface area contributed by atoms with Gasteiger partial charge in [-0.15, -0.1) is 0 Å². The zero-order valence-corrected chi connectivity index (χ0v) is 16.2. The molecule has 2 aromatic rings. The number of hydrogen-bond donors (Lipinski definition) is 1. The highest BCUT2D eigenvalue weighted by Gasteiger charge is 2.13. The number of esters is 1. The molecule has 2 rings (SSSR count). The Labute approximate surface area is 159 Å². The second-order valence-corrected chi connectivity index (χ2v) is 7.25. The minimum atomic E-state index is -0.317. The van der Waals surface area contributed by atoms with Crippen LogP contribution in [0.1, 0.15) is 27.9 Å². The molecule has 0 aliphatic rings. The van der Waals surface area contributed by atoms with E-state index in [0.29, 0.717) is 5.56 Å². The average Bonchev–Trinajstić information content (AvgIpc) is 2.67. The molecular weight excluding hydrogens is 346 g/mol. The van der Waals surface area contributed by atoms with Gasteiger partial charge in [-0.2, -0.15) is 11.8 Å². The van der Waals surface area contributed by atoms with Crippen molar-refractivity contribution in [3.05, 3.63) is 65.5 Å². The van der Waals surface area contributed by atoms with Gasteiger partial charge in [0.15, 0.2) is 0 Å². The molecule has 0 saturated heterocycles. The number of ether oxygens (including phenoxy) is 1. The van der Waals surface area contributed by atoms with Crippen LogP contribution in [0.4, 0.5) is 0 Å². The number of nitrogens with two attached hydrogens (primary N) is 1. The molecule has 0 amide bonds. The molecule has 1 heterocycles. The van der Waals surface area contributed by atoms with E-state index >= 15 is 0 Å². The number of carbonyl (C=O) groups is 1. The summed E-state index contributed by atoms with van der Waals surface area (Å²) in [6.07, 6.45) is 6.76. The predicted molar refractivity (Wildman–Crippen MR) is 107 cm³/mol. The second-order valence-electron chi connectivity index (χ2n) is 6.26. The Morgan fingerprint density at radius 3 is 2.58 bits per heavy atom. The lowest BCUT2D eigenvalue weighted by Crippen LogP contribution is -2.37. The topological polar surface area (TPSA) is 68.5 Å². The summed E-state index contributed by atoms with van der Waals surface area (Å²) >= 11 is 1.82. The van der Waals surface area contributed by atoms with Crippen LogP contribution in [-0.2, 0) is 17.8 Å². The van der Waals surface area contributed by atoms with Crippen LogP contribution in [-0.4, -0.2) is 47.6 Å². The van der Waals surface area contributed by atoms with Gasteiger partial charge >= 0.3 is 5.97 Å². The minimum absolute atomic E-state index is 0.133. The van der Waals surface area contributed by atoms with Crippen LogP contribution in [0.15, 0.2) is 48.8 Å². The van der Waals surface area contributed by atoms with Crippen LogP contribution >= 0.6 is 11.8 Å². The number of hydrogen-bond acceptors (Lipinski definition) is 6. The van der Waals surface area contributed by atoms with Crippen molar-refractivity contribution in [1.29, 1.82) is 0 Å². The smallest absolute Gasteiger partial charge is 0.337 e. The Balaban J connectivity index is 2.05. The molecule has 0 spiro atoms. The Morgan fingerprint density at radius 1 is 1.23 bits per heavy atom. The standard InChI is InChI=1S/C20H27N3O2S/c1-25-20(24)18-7-5-16(6-8-18)13-23(15-19(21)9-11-26-2)14-17-4-3-10-22-12-17/h3-8,10,12,19H,9,11,13-15,21H2,1-2H3. The van der Waals surface area contributed by atoms with Gasteiger partial charge in [-0.25, -0.2) is 4.79 Å². The first-order valence-corrected chi connectivity index (χ1v) is 10.0. The van der Waals surface area contributed by atoms with E-state index in [1.807, 2.05) is 36.2 Å². The Bertz CT molecular complexity index is 665. The van der Waals surface area contributed by atoms with Crippen molar-refractivity contribution in [1.82, 2.24) is 9.88 Å². The molecule has 5 nitrogen and oxygen atoms in total. The van der Waals surface area contributed by atoms with Crippen LogP contribution in [0.5, 0.6) is 0 Å². The van der Waals surface area contributed by atoms with Crippen LogP contribution in [0.2, 0.25) is 0 Å². The summed E-state index contributed by atoms with van der Waals surface area (Å²) in [5, 5.41) is 0. The van der Waals surface area contributed by atoms with Crippen molar-refractivity contribution in [2.75, 3.05) is 25.7 Å². The maximum Gasteiger partial charge on any atom is 0.337 e. The third-order valence-corrected chi connectivity index (χ3v) is 4.74. The lowest BCUT2D eigenvalue weighted by atomic mass is 10.1. The zero-order chi connectivity index (χ0) is 18.8. The molecule has 1 aromatic heterocycles. The van der Waals surface area contributed by atoms with Crippen molar-refractivity contribution in [2.45, 2.75) is 25.6 Å².